The first kappa shape index (κ1) is 11.4. The number of aromatic nitrogens is 2. The average molecular weight is 244 g/mol. The molecule has 0 spiro atoms. The van der Waals surface area contributed by atoms with Crippen LogP contribution >= 0.6 is 0 Å². The number of alkyl halides is 3. The zero-order valence-electron chi connectivity index (χ0n) is 8.65. The van der Waals surface area contributed by atoms with Gasteiger partial charge < -0.3 is 4.74 Å². The van der Waals surface area contributed by atoms with Gasteiger partial charge in [0.05, 0.1) is 7.11 Å². The van der Waals surface area contributed by atoms with Crippen molar-refractivity contribution in [3.8, 4) is 5.75 Å². The summed E-state index contributed by atoms with van der Waals surface area (Å²) in [7, 11) is 1.32. The Morgan fingerprint density at radius 1 is 1.47 bits per heavy atom. The number of ether oxygens (including phenoxy) is 1. The van der Waals surface area contributed by atoms with Crippen LogP contribution < -0.4 is 4.74 Å². The van der Waals surface area contributed by atoms with E-state index in [1.54, 1.807) is 0 Å². The van der Waals surface area contributed by atoms with Crippen LogP contribution in [0.3, 0.4) is 0 Å². The first-order chi connectivity index (χ1) is 7.99. The van der Waals surface area contributed by atoms with E-state index in [4.69, 9.17) is 4.74 Å². The van der Waals surface area contributed by atoms with Crippen LogP contribution in [0.25, 0.3) is 5.65 Å². The fourth-order valence-electron chi connectivity index (χ4n) is 1.54. The molecule has 0 radical (unpaired) electrons. The maximum Gasteiger partial charge on any atom is 0.435 e. The molecule has 4 nitrogen and oxygen atoms in total. The standard InChI is InChI=1S/C10H7F3N2O2/c1-17-7-3-2-4-15-6(5-16)8(10(11,12)13)14-9(7)15/h2-5H,1H3. The second kappa shape index (κ2) is 3.76. The van der Waals surface area contributed by atoms with E-state index in [1.807, 2.05) is 0 Å². The molecule has 0 unspecified atom stereocenters. The highest BCUT2D eigenvalue weighted by Gasteiger charge is 2.38. The largest absolute Gasteiger partial charge is 0.493 e. The Morgan fingerprint density at radius 3 is 2.71 bits per heavy atom. The van der Waals surface area contributed by atoms with Gasteiger partial charge in [-0.25, -0.2) is 4.98 Å². The Balaban J connectivity index is 2.84. The lowest BCUT2D eigenvalue weighted by molar-refractivity contribution is -0.141. The van der Waals surface area contributed by atoms with Crippen molar-refractivity contribution >= 4 is 11.9 Å². The lowest BCUT2D eigenvalue weighted by Crippen LogP contribution is -2.09. The third-order valence-electron chi connectivity index (χ3n) is 2.25. The quantitative estimate of drug-likeness (QED) is 0.760. The predicted octanol–water partition coefficient (Wildman–Crippen LogP) is 2.17. The van der Waals surface area contributed by atoms with Crippen molar-refractivity contribution in [3.63, 3.8) is 0 Å². The molecule has 0 aliphatic rings. The van der Waals surface area contributed by atoms with Gasteiger partial charge in [-0.05, 0) is 12.1 Å². The van der Waals surface area contributed by atoms with Gasteiger partial charge in [-0.3, -0.25) is 9.20 Å². The number of carbonyl (C=O) groups is 1. The Morgan fingerprint density at radius 2 is 2.18 bits per heavy atom. The number of aldehydes is 1. The van der Waals surface area contributed by atoms with E-state index in [0.717, 1.165) is 4.40 Å². The molecule has 0 aliphatic carbocycles. The monoisotopic (exact) mass is 244 g/mol. The van der Waals surface area contributed by atoms with Gasteiger partial charge >= 0.3 is 6.18 Å². The van der Waals surface area contributed by atoms with E-state index in [2.05, 4.69) is 4.98 Å². The fraction of sp³-hybridized carbons (Fsp3) is 0.200. The number of carbonyl (C=O) groups excluding carboxylic acids is 1. The molecule has 0 N–H and O–H groups in total. The molecule has 0 atom stereocenters. The Bertz CT molecular complexity index is 575. The summed E-state index contributed by atoms with van der Waals surface area (Å²) in [5, 5.41) is 0. The predicted molar refractivity (Wildman–Crippen MR) is 52.1 cm³/mol. The first-order valence-electron chi connectivity index (χ1n) is 4.56. The molecule has 90 valence electrons. The summed E-state index contributed by atoms with van der Waals surface area (Å²) in [6.45, 7) is 0. The van der Waals surface area contributed by atoms with Gasteiger partial charge in [0.2, 0.25) is 0 Å². The number of rotatable bonds is 2. The molecular formula is C10H7F3N2O2. The number of methoxy groups -OCH3 is 1. The van der Waals surface area contributed by atoms with E-state index in [-0.39, 0.29) is 17.7 Å². The van der Waals surface area contributed by atoms with Crippen molar-refractivity contribution in [1.29, 1.82) is 0 Å². The van der Waals surface area contributed by atoms with Crippen molar-refractivity contribution in [2.75, 3.05) is 7.11 Å². The van der Waals surface area contributed by atoms with Crippen molar-refractivity contribution in [2.24, 2.45) is 0 Å². The van der Waals surface area contributed by atoms with E-state index < -0.39 is 17.6 Å². The summed E-state index contributed by atoms with van der Waals surface area (Å²) in [6, 6.07) is 2.94. The highest BCUT2D eigenvalue weighted by atomic mass is 19.4. The van der Waals surface area contributed by atoms with Crippen LogP contribution in [-0.2, 0) is 6.18 Å². The summed E-state index contributed by atoms with van der Waals surface area (Å²) in [5.74, 6) is 0.172. The van der Waals surface area contributed by atoms with Gasteiger partial charge in [0.15, 0.2) is 23.4 Å². The van der Waals surface area contributed by atoms with Crippen molar-refractivity contribution in [1.82, 2.24) is 9.38 Å². The van der Waals surface area contributed by atoms with Crippen LogP contribution in [0.5, 0.6) is 5.75 Å². The van der Waals surface area contributed by atoms with Crippen LogP contribution in [-0.4, -0.2) is 22.8 Å². The normalized spacial score (nSPS) is 11.8. The number of halogens is 3. The summed E-state index contributed by atoms with van der Waals surface area (Å²) in [4.78, 5) is 14.2. The van der Waals surface area contributed by atoms with Gasteiger partial charge in [-0.1, -0.05) is 0 Å². The van der Waals surface area contributed by atoms with Crippen LogP contribution in [0.2, 0.25) is 0 Å². The molecule has 2 aromatic heterocycles. The second-order valence-corrected chi connectivity index (χ2v) is 3.23. The Hall–Kier alpha value is -2.05. The molecule has 2 heterocycles. The van der Waals surface area contributed by atoms with Gasteiger partial charge in [-0.15, -0.1) is 0 Å². The topological polar surface area (TPSA) is 43.6 Å². The molecular weight excluding hydrogens is 237 g/mol. The number of hydrogen-bond acceptors (Lipinski definition) is 3. The molecule has 17 heavy (non-hydrogen) atoms. The molecule has 7 heteroatoms. The first-order valence-corrected chi connectivity index (χ1v) is 4.56. The van der Waals surface area contributed by atoms with Gasteiger partial charge in [0.25, 0.3) is 0 Å². The van der Waals surface area contributed by atoms with E-state index in [1.165, 1.54) is 25.4 Å². The van der Waals surface area contributed by atoms with Crippen LogP contribution in [0.15, 0.2) is 18.3 Å². The zero-order valence-corrected chi connectivity index (χ0v) is 8.65. The number of nitrogens with zero attached hydrogens (tertiary/aromatic N) is 2. The highest BCUT2D eigenvalue weighted by molar-refractivity contribution is 5.78. The molecule has 0 saturated heterocycles. The van der Waals surface area contributed by atoms with E-state index in [0.29, 0.717) is 0 Å². The summed E-state index contributed by atoms with van der Waals surface area (Å²) in [6.07, 6.45) is -3.22. The third kappa shape index (κ3) is 1.73. The molecule has 0 saturated carbocycles. The van der Waals surface area contributed by atoms with E-state index in [9.17, 15) is 18.0 Å². The molecule has 0 aromatic carbocycles. The van der Waals surface area contributed by atoms with Crippen molar-refractivity contribution in [2.45, 2.75) is 6.18 Å². The number of imidazole rings is 1. The Labute approximate surface area is 93.6 Å². The van der Waals surface area contributed by atoms with Crippen LogP contribution in [0.4, 0.5) is 13.2 Å². The molecule has 0 bridgehead atoms. The molecule has 2 aromatic rings. The van der Waals surface area contributed by atoms with Crippen molar-refractivity contribution in [3.05, 3.63) is 29.7 Å². The van der Waals surface area contributed by atoms with Gasteiger partial charge in [0.1, 0.15) is 5.69 Å². The minimum absolute atomic E-state index is 0.0376. The zero-order chi connectivity index (χ0) is 12.6. The number of hydrogen-bond donors (Lipinski definition) is 0. The average Bonchev–Trinajstić information content (AvgIpc) is 2.66. The second-order valence-electron chi connectivity index (χ2n) is 3.23. The summed E-state index contributed by atoms with van der Waals surface area (Å²) >= 11 is 0. The van der Waals surface area contributed by atoms with Gasteiger partial charge in [0, 0.05) is 6.20 Å². The minimum atomic E-state index is -4.67. The number of pyridine rings is 1. The SMILES string of the molecule is COc1cccn2c(C=O)c(C(F)(F)F)nc12. The smallest absolute Gasteiger partial charge is 0.435 e. The Kier molecular flexibility index (Phi) is 2.53. The maximum atomic E-state index is 12.6. The molecule has 2 rings (SSSR count). The lowest BCUT2D eigenvalue weighted by atomic mass is 10.3. The maximum absolute atomic E-state index is 12.6. The van der Waals surface area contributed by atoms with Crippen molar-refractivity contribution < 1.29 is 22.7 Å². The summed E-state index contributed by atoms with van der Waals surface area (Å²) in [5.41, 5.74) is -1.78. The number of fused-ring (bicyclic) bond motifs is 1. The van der Waals surface area contributed by atoms with Crippen LogP contribution in [0, 0.1) is 0 Å². The molecule has 0 amide bonds. The third-order valence-corrected chi connectivity index (χ3v) is 2.25. The molecule has 0 fully saturated rings. The minimum Gasteiger partial charge on any atom is -0.493 e. The van der Waals surface area contributed by atoms with Crippen LogP contribution in [0.1, 0.15) is 16.2 Å². The van der Waals surface area contributed by atoms with Gasteiger partial charge in [-0.2, -0.15) is 13.2 Å². The lowest BCUT2D eigenvalue weighted by Gasteiger charge is -2.02. The highest BCUT2D eigenvalue weighted by Crippen LogP contribution is 2.33. The molecule has 0 aliphatic heterocycles. The summed E-state index contributed by atoms with van der Waals surface area (Å²) < 4.78 is 43.8. The fourth-order valence-corrected chi connectivity index (χ4v) is 1.54. The van der Waals surface area contributed by atoms with E-state index >= 15 is 0 Å².